The van der Waals surface area contributed by atoms with Crippen molar-refractivity contribution in [3.05, 3.63) is 47.8 Å². The first-order chi connectivity index (χ1) is 11.7. The number of urea groups is 1. The van der Waals surface area contributed by atoms with Crippen LogP contribution < -0.4 is 10.1 Å². The molecule has 0 unspecified atom stereocenters. The Bertz CT molecular complexity index is 723. The Morgan fingerprint density at radius 1 is 1.21 bits per heavy atom. The highest BCUT2D eigenvalue weighted by Gasteiger charge is 2.30. The van der Waals surface area contributed by atoms with Gasteiger partial charge in [-0.3, -0.25) is 0 Å². The molecular weight excluding hydrogens is 302 g/mol. The molecule has 5 heteroatoms. The average Bonchev–Trinajstić information content (AvgIpc) is 2.97. The van der Waals surface area contributed by atoms with Gasteiger partial charge in [0, 0.05) is 24.5 Å². The first-order valence-corrected chi connectivity index (χ1v) is 8.61. The third-order valence-electron chi connectivity index (χ3n) is 4.59. The zero-order valence-corrected chi connectivity index (χ0v) is 14.6. The van der Waals surface area contributed by atoms with Crippen LogP contribution in [0.3, 0.4) is 0 Å². The maximum absolute atomic E-state index is 12.9. The third kappa shape index (κ3) is 2.98. The number of aryl methyl sites for hydroxylation is 1. The van der Waals surface area contributed by atoms with Gasteiger partial charge in [-0.25, -0.2) is 4.79 Å². The summed E-state index contributed by atoms with van der Waals surface area (Å²) < 4.78 is 7.91. The molecule has 3 rings (SSSR count). The van der Waals surface area contributed by atoms with Gasteiger partial charge >= 0.3 is 6.03 Å². The Labute approximate surface area is 143 Å². The molecule has 2 aromatic rings. The number of amides is 2. The van der Waals surface area contributed by atoms with Crippen LogP contribution in [0.4, 0.5) is 10.5 Å². The Morgan fingerprint density at radius 3 is 2.75 bits per heavy atom. The van der Waals surface area contributed by atoms with Gasteiger partial charge in [0.05, 0.1) is 18.3 Å². The highest BCUT2D eigenvalue weighted by molar-refractivity contribution is 5.91. The number of fused-ring (bicyclic) bond motifs is 1. The topological polar surface area (TPSA) is 46.5 Å². The zero-order chi connectivity index (χ0) is 17.1. The average molecular weight is 327 g/mol. The molecule has 0 fully saturated rings. The molecule has 1 N–H and O–H groups in total. The second-order valence-corrected chi connectivity index (χ2v) is 6.03. The summed E-state index contributed by atoms with van der Waals surface area (Å²) in [5, 5.41) is 3.02. The molecular formula is C19H25N3O2. The zero-order valence-electron chi connectivity index (χ0n) is 14.6. The van der Waals surface area contributed by atoms with Crippen LogP contribution in [0.15, 0.2) is 36.4 Å². The van der Waals surface area contributed by atoms with E-state index < -0.39 is 0 Å². The van der Waals surface area contributed by atoms with E-state index in [4.69, 9.17) is 4.74 Å². The van der Waals surface area contributed by atoms with Gasteiger partial charge in [-0.2, -0.15) is 0 Å². The molecule has 0 spiro atoms. The van der Waals surface area contributed by atoms with E-state index in [2.05, 4.69) is 35.9 Å². The summed E-state index contributed by atoms with van der Waals surface area (Å²) in [6, 6.07) is 11.9. The summed E-state index contributed by atoms with van der Waals surface area (Å²) in [5.74, 6) is 0.706. The molecule has 1 aromatic heterocycles. The number of carbonyl (C=O) groups is 1. The van der Waals surface area contributed by atoms with Crippen LogP contribution in [0.25, 0.3) is 0 Å². The molecule has 0 saturated carbocycles. The van der Waals surface area contributed by atoms with E-state index in [1.165, 1.54) is 11.4 Å². The molecule has 1 atom stereocenters. The summed E-state index contributed by atoms with van der Waals surface area (Å²) >= 11 is 0. The minimum absolute atomic E-state index is 0.0703. The Balaban J connectivity index is 1.80. The van der Waals surface area contributed by atoms with Gasteiger partial charge in [-0.05, 0) is 44.5 Å². The Hall–Kier alpha value is -2.43. The molecule has 24 heavy (non-hydrogen) atoms. The van der Waals surface area contributed by atoms with E-state index in [0.717, 1.165) is 18.7 Å². The summed E-state index contributed by atoms with van der Waals surface area (Å²) in [6.07, 6.45) is 0.893. The lowest BCUT2D eigenvalue weighted by atomic mass is 10.1. The SMILES string of the molecule is CCOc1ccccc1NC(=O)N1CCn2c(C)ccc2[C@@H]1CC. The van der Waals surface area contributed by atoms with Gasteiger partial charge in [0.1, 0.15) is 5.75 Å². The third-order valence-corrected chi connectivity index (χ3v) is 4.59. The van der Waals surface area contributed by atoms with Crippen molar-refractivity contribution in [1.29, 1.82) is 0 Å². The maximum Gasteiger partial charge on any atom is 0.322 e. The van der Waals surface area contributed by atoms with Crippen LogP contribution in [-0.2, 0) is 6.54 Å². The summed E-state index contributed by atoms with van der Waals surface area (Å²) in [6.45, 7) is 8.30. The second kappa shape index (κ2) is 6.99. The van der Waals surface area contributed by atoms with Crippen molar-refractivity contribution >= 4 is 11.7 Å². The number of nitrogens with one attached hydrogen (secondary N) is 1. The van der Waals surface area contributed by atoms with Crippen molar-refractivity contribution in [3.63, 3.8) is 0 Å². The molecule has 128 valence electrons. The van der Waals surface area contributed by atoms with Gasteiger partial charge < -0.3 is 19.5 Å². The Morgan fingerprint density at radius 2 is 2.00 bits per heavy atom. The monoisotopic (exact) mass is 327 g/mol. The lowest BCUT2D eigenvalue weighted by Crippen LogP contribution is -2.44. The molecule has 1 aliphatic rings. The summed E-state index contributed by atoms with van der Waals surface area (Å²) in [4.78, 5) is 14.8. The first kappa shape index (κ1) is 16.4. The van der Waals surface area contributed by atoms with Crippen molar-refractivity contribution in [1.82, 2.24) is 9.47 Å². The van der Waals surface area contributed by atoms with Gasteiger partial charge in [0.15, 0.2) is 0 Å². The quantitative estimate of drug-likeness (QED) is 0.915. The van der Waals surface area contributed by atoms with Crippen molar-refractivity contribution in [3.8, 4) is 5.75 Å². The number of hydrogen-bond acceptors (Lipinski definition) is 2. The van der Waals surface area contributed by atoms with E-state index >= 15 is 0 Å². The van der Waals surface area contributed by atoms with Gasteiger partial charge in [0.25, 0.3) is 0 Å². The van der Waals surface area contributed by atoms with Crippen LogP contribution in [0.1, 0.15) is 37.7 Å². The largest absolute Gasteiger partial charge is 0.492 e. The predicted octanol–water partition coefficient (Wildman–Crippen LogP) is 4.19. The highest BCUT2D eigenvalue weighted by Crippen LogP contribution is 2.31. The molecule has 0 aliphatic carbocycles. The maximum atomic E-state index is 12.9. The molecule has 5 nitrogen and oxygen atoms in total. The molecule has 1 aliphatic heterocycles. The number of hydrogen-bond donors (Lipinski definition) is 1. The molecule has 0 bridgehead atoms. The fourth-order valence-corrected chi connectivity index (χ4v) is 3.42. The predicted molar refractivity (Wildman–Crippen MR) is 95.5 cm³/mol. The number of ether oxygens (including phenoxy) is 1. The summed E-state index contributed by atoms with van der Waals surface area (Å²) in [7, 11) is 0. The lowest BCUT2D eigenvalue weighted by molar-refractivity contribution is 0.165. The normalized spacial score (nSPS) is 16.6. The fraction of sp³-hybridized carbons (Fsp3) is 0.421. The number of benzene rings is 1. The van der Waals surface area contributed by atoms with E-state index in [1.807, 2.05) is 36.1 Å². The van der Waals surface area contributed by atoms with Gasteiger partial charge in [0.2, 0.25) is 0 Å². The van der Waals surface area contributed by atoms with E-state index in [1.54, 1.807) is 0 Å². The number of carbonyl (C=O) groups excluding carboxylic acids is 1. The van der Waals surface area contributed by atoms with Crippen LogP contribution in [-0.4, -0.2) is 28.6 Å². The van der Waals surface area contributed by atoms with Gasteiger partial charge in [-0.1, -0.05) is 19.1 Å². The Kier molecular flexibility index (Phi) is 4.79. The van der Waals surface area contributed by atoms with E-state index in [0.29, 0.717) is 18.9 Å². The minimum atomic E-state index is -0.0703. The smallest absolute Gasteiger partial charge is 0.322 e. The summed E-state index contributed by atoms with van der Waals surface area (Å²) in [5.41, 5.74) is 3.19. The molecule has 2 amide bonds. The van der Waals surface area contributed by atoms with Crippen molar-refractivity contribution < 1.29 is 9.53 Å². The number of rotatable bonds is 4. The van der Waals surface area contributed by atoms with Crippen LogP contribution in [0.5, 0.6) is 5.75 Å². The number of aromatic nitrogens is 1. The van der Waals surface area contributed by atoms with Crippen molar-refractivity contribution in [2.45, 2.75) is 39.8 Å². The van der Waals surface area contributed by atoms with Crippen LogP contribution in [0, 0.1) is 6.92 Å². The standard InChI is InChI=1S/C19H25N3O2/c1-4-16-17-11-10-14(3)21(17)12-13-22(16)19(23)20-15-8-6-7-9-18(15)24-5-2/h6-11,16H,4-5,12-13H2,1-3H3,(H,20,23)/t16-/m0/s1. The molecule has 0 saturated heterocycles. The van der Waals surface area contributed by atoms with E-state index in [-0.39, 0.29) is 12.1 Å². The fourth-order valence-electron chi connectivity index (χ4n) is 3.42. The highest BCUT2D eigenvalue weighted by atomic mass is 16.5. The van der Waals surface area contributed by atoms with Crippen molar-refractivity contribution in [2.75, 3.05) is 18.5 Å². The number of anilines is 1. The second-order valence-electron chi connectivity index (χ2n) is 6.03. The first-order valence-electron chi connectivity index (χ1n) is 8.61. The van der Waals surface area contributed by atoms with Crippen LogP contribution in [0.2, 0.25) is 0 Å². The molecule has 1 aromatic carbocycles. The molecule has 2 heterocycles. The van der Waals surface area contributed by atoms with Crippen molar-refractivity contribution in [2.24, 2.45) is 0 Å². The number of para-hydroxylation sites is 2. The van der Waals surface area contributed by atoms with Crippen LogP contribution >= 0.6 is 0 Å². The van der Waals surface area contributed by atoms with E-state index in [9.17, 15) is 4.79 Å². The van der Waals surface area contributed by atoms with Gasteiger partial charge in [-0.15, -0.1) is 0 Å². The molecule has 0 radical (unpaired) electrons. The lowest BCUT2D eigenvalue weighted by Gasteiger charge is -2.37. The minimum Gasteiger partial charge on any atom is -0.492 e. The number of nitrogens with zero attached hydrogens (tertiary/aromatic N) is 2.